The Morgan fingerprint density at radius 2 is 1.83 bits per heavy atom. The van der Waals surface area contributed by atoms with Crippen molar-refractivity contribution in [1.29, 1.82) is 0 Å². The number of hydrogen-bond acceptors (Lipinski definition) is 5. The summed E-state index contributed by atoms with van der Waals surface area (Å²) in [5.74, 6) is -2.23. The van der Waals surface area contributed by atoms with Crippen molar-refractivity contribution >= 4 is 29.3 Å². The topological polar surface area (TPSA) is 83.9 Å². The first-order chi connectivity index (χ1) is 13.8. The number of likely N-dealkylation sites (tertiary alicyclic amines) is 1. The van der Waals surface area contributed by atoms with Crippen LogP contribution in [0, 0.1) is 5.82 Å². The van der Waals surface area contributed by atoms with E-state index in [0.29, 0.717) is 10.6 Å². The van der Waals surface area contributed by atoms with Crippen LogP contribution in [-0.4, -0.2) is 53.0 Å². The first kappa shape index (κ1) is 21.0. The molecule has 1 aliphatic rings. The quantitative estimate of drug-likeness (QED) is 0.574. The number of halogens is 2. The summed E-state index contributed by atoms with van der Waals surface area (Å²) in [5, 5.41) is 10.4. The largest absolute Gasteiger partial charge is 0.456 e. The first-order valence-corrected chi connectivity index (χ1v) is 9.39. The molecule has 1 heterocycles. The fourth-order valence-corrected chi connectivity index (χ4v) is 3.30. The number of benzene rings is 2. The lowest BCUT2D eigenvalue weighted by molar-refractivity contribution is -0.152. The van der Waals surface area contributed by atoms with Gasteiger partial charge in [0.2, 0.25) is 5.91 Å². The highest BCUT2D eigenvalue weighted by molar-refractivity contribution is 6.30. The van der Waals surface area contributed by atoms with Gasteiger partial charge < -0.3 is 14.7 Å². The summed E-state index contributed by atoms with van der Waals surface area (Å²) < 4.78 is 18.9. The van der Waals surface area contributed by atoms with Gasteiger partial charge in [0.15, 0.2) is 12.4 Å². The van der Waals surface area contributed by atoms with Crippen LogP contribution >= 0.6 is 11.6 Å². The van der Waals surface area contributed by atoms with Crippen LogP contribution in [0.1, 0.15) is 22.3 Å². The Hall–Kier alpha value is -2.77. The lowest BCUT2D eigenvalue weighted by atomic mass is 10.1. The van der Waals surface area contributed by atoms with Crippen LogP contribution in [0.2, 0.25) is 5.02 Å². The molecule has 1 aliphatic heterocycles. The second kappa shape index (κ2) is 9.15. The molecule has 6 nitrogen and oxygen atoms in total. The minimum absolute atomic E-state index is 0.00300. The Kier molecular flexibility index (Phi) is 6.61. The SMILES string of the molecule is O=C(COC(=O)C1CC(O)CN1C(=O)Cc1ccccc1F)c1ccc(Cl)cc1. The predicted octanol–water partition coefficient (Wildman–Crippen LogP) is 2.41. The average molecular weight is 420 g/mol. The molecule has 0 aliphatic carbocycles. The zero-order chi connectivity index (χ0) is 21.0. The molecular weight excluding hydrogens is 401 g/mol. The molecule has 0 saturated carbocycles. The lowest BCUT2D eigenvalue weighted by Gasteiger charge is -2.23. The summed E-state index contributed by atoms with van der Waals surface area (Å²) in [6.45, 7) is -0.555. The van der Waals surface area contributed by atoms with Gasteiger partial charge in [-0.3, -0.25) is 9.59 Å². The van der Waals surface area contributed by atoms with Crippen molar-refractivity contribution in [2.45, 2.75) is 25.0 Å². The summed E-state index contributed by atoms with van der Waals surface area (Å²) in [5.41, 5.74) is 0.532. The van der Waals surface area contributed by atoms with Gasteiger partial charge in [-0.2, -0.15) is 0 Å². The number of β-amino-alcohol motifs (C(OH)–C–C–N with tert-alkyl or cyclic N) is 1. The van der Waals surface area contributed by atoms with E-state index in [1.54, 1.807) is 18.2 Å². The van der Waals surface area contributed by atoms with Gasteiger partial charge in [-0.05, 0) is 35.9 Å². The number of ether oxygens (including phenoxy) is 1. The van der Waals surface area contributed by atoms with Crippen LogP contribution in [0.4, 0.5) is 4.39 Å². The fourth-order valence-electron chi connectivity index (χ4n) is 3.17. The normalized spacial score (nSPS) is 18.5. The van der Waals surface area contributed by atoms with E-state index in [1.165, 1.54) is 35.2 Å². The van der Waals surface area contributed by atoms with E-state index in [9.17, 15) is 23.9 Å². The Balaban J connectivity index is 1.62. The highest BCUT2D eigenvalue weighted by atomic mass is 35.5. The number of amides is 1. The fraction of sp³-hybridized carbons (Fsp3) is 0.286. The number of Topliss-reactive ketones (excluding diaryl/α,β-unsaturated/α-hetero) is 1. The van der Waals surface area contributed by atoms with E-state index in [4.69, 9.17) is 16.3 Å². The van der Waals surface area contributed by atoms with Gasteiger partial charge in [0, 0.05) is 23.6 Å². The zero-order valence-electron chi connectivity index (χ0n) is 15.4. The Bertz CT molecular complexity index is 918. The van der Waals surface area contributed by atoms with E-state index in [2.05, 4.69) is 0 Å². The second-order valence-corrected chi connectivity index (χ2v) is 7.19. The minimum atomic E-state index is -1.03. The monoisotopic (exact) mass is 419 g/mol. The third-order valence-corrected chi connectivity index (χ3v) is 4.93. The maximum absolute atomic E-state index is 13.8. The molecule has 1 amide bonds. The maximum atomic E-state index is 13.8. The van der Waals surface area contributed by atoms with Gasteiger partial charge >= 0.3 is 5.97 Å². The van der Waals surface area contributed by atoms with Crippen molar-refractivity contribution in [2.24, 2.45) is 0 Å². The molecule has 2 atom stereocenters. The third kappa shape index (κ3) is 5.19. The maximum Gasteiger partial charge on any atom is 0.329 e. The minimum Gasteiger partial charge on any atom is -0.456 e. The number of esters is 1. The molecule has 29 heavy (non-hydrogen) atoms. The number of aliphatic hydroxyl groups excluding tert-OH is 1. The number of aliphatic hydroxyl groups is 1. The van der Waals surface area contributed by atoms with Crippen molar-refractivity contribution in [3.63, 3.8) is 0 Å². The number of hydrogen-bond donors (Lipinski definition) is 1. The van der Waals surface area contributed by atoms with Gasteiger partial charge in [0.25, 0.3) is 0 Å². The third-order valence-electron chi connectivity index (χ3n) is 4.68. The van der Waals surface area contributed by atoms with Crippen molar-refractivity contribution in [2.75, 3.05) is 13.2 Å². The highest BCUT2D eigenvalue weighted by Crippen LogP contribution is 2.21. The van der Waals surface area contributed by atoms with Crippen molar-refractivity contribution < 1.29 is 28.6 Å². The average Bonchev–Trinajstić information content (AvgIpc) is 3.10. The van der Waals surface area contributed by atoms with E-state index in [0.717, 1.165) is 0 Å². The van der Waals surface area contributed by atoms with Gasteiger partial charge in [0.1, 0.15) is 11.9 Å². The van der Waals surface area contributed by atoms with Crippen LogP contribution in [0.25, 0.3) is 0 Å². The predicted molar refractivity (Wildman–Crippen MR) is 103 cm³/mol. The first-order valence-electron chi connectivity index (χ1n) is 9.01. The molecule has 0 bridgehead atoms. The molecule has 2 aromatic rings. The van der Waals surface area contributed by atoms with E-state index in [1.807, 2.05) is 0 Å². The molecule has 3 rings (SSSR count). The van der Waals surface area contributed by atoms with E-state index >= 15 is 0 Å². The highest BCUT2D eigenvalue weighted by Gasteiger charge is 2.40. The molecule has 1 fully saturated rings. The molecule has 0 aromatic heterocycles. The van der Waals surface area contributed by atoms with Crippen molar-refractivity contribution in [3.05, 3.63) is 70.5 Å². The number of carbonyl (C=O) groups is 3. The molecule has 8 heteroatoms. The van der Waals surface area contributed by atoms with E-state index < -0.39 is 42.2 Å². The number of carbonyl (C=O) groups excluding carboxylic acids is 3. The van der Waals surface area contributed by atoms with Gasteiger partial charge in [-0.25, -0.2) is 9.18 Å². The summed E-state index contributed by atoms with van der Waals surface area (Å²) >= 11 is 5.78. The zero-order valence-corrected chi connectivity index (χ0v) is 16.1. The van der Waals surface area contributed by atoms with Crippen LogP contribution in [-0.2, 0) is 20.7 Å². The Morgan fingerprint density at radius 3 is 2.52 bits per heavy atom. The number of ketones is 1. The molecule has 152 valence electrons. The number of nitrogens with zero attached hydrogens (tertiary/aromatic N) is 1. The van der Waals surface area contributed by atoms with Crippen molar-refractivity contribution in [3.8, 4) is 0 Å². The second-order valence-electron chi connectivity index (χ2n) is 6.76. The van der Waals surface area contributed by atoms with Gasteiger partial charge in [-0.15, -0.1) is 0 Å². The molecule has 2 aromatic carbocycles. The summed E-state index contributed by atoms with van der Waals surface area (Å²) in [6, 6.07) is 11.0. The summed E-state index contributed by atoms with van der Waals surface area (Å²) in [4.78, 5) is 38.3. The summed E-state index contributed by atoms with van der Waals surface area (Å²) in [7, 11) is 0. The molecule has 0 spiro atoms. The molecular formula is C21H19ClFNO5. The van der Waals surface area contributed by atoms with E-state index in [-0.39, 0.29) is 24.9 Å². The molecule has 1 N–H and O–H groups in total. The lowest BCUT2D eigenvalue weighted by Crippen LogP contribution is -2.42. The van der Waals surface area contributed by atoms with Crippen LogP contribution in [0.5, 0.6) is 0 Å². The van der Waals surface area contributed by atoms with Crippen LogP contribution in [0.3, 0.4) is 0 Å². The smallest absolute Gasteiger partial charge is 0.329 e. The Morgan fingerprint density at radius 1 is 1.14 bits per heavy atom. The molecule has 2 unspecified atom stereocenters. The molecule has 0 radical (unpaired) electrons. The summed E-state index contributed by atoms with van der Waals surface area (Å²) in [6.07, 6.45) is -1.15. The van der Waals surface area contributed by atoms with Crippen LogP contribution < -0.4 is 0 Å². The van der Waals surface area contributed by atoms with Gasteiger partial charge in [0.05, 0.1) is 12.5 Å². The Labute approximate surface area is 171 Å². The number of rotatable bonds is 6. The molecule has 1 saturated heterocycles. The van der Waals surface area contributed by atoms with Crippen molar-refractivity contribution in [1.82, 2.24) is 4.90 Å². The van der Waals surface area contributed by atoms with Gasteiger partial charge in [-0.1, -0.05) is 29.8 Å². The van der Waals surface area contributed by atoms with Crippen LogP contribution in [0.15, 0.2) is 48.5 Å². The standard InChI is InChI=1S/C21H19ClFNO5/c22-15-7-5-13(6-8-15)19(26)12-29-21(28)18-10-16(25)11-24(18)20(27)9-14-3-1-2-4-17(14)23/h1-8,16,18,25H,9-12H2.